The molecule has 0 aliphatic heterocycles. The Bertz CT molecular complexity index is 283. The molecule has 1 aliphatic rings. The summed E-state index contributed by atoms with van der Waals surface area (Å²) in [5.41, 5.74) is 1.33. The summed E-state index contributed by atoms with van der Waals surface area (Å²) in [5, 5.41) is 8.65. The number of imidazole rings is 1. The summed E-state index contributed by atoms with van der Waals surface area (Å²) in [5.74, 6) is 2.06. The normalized spacial score (nSPS) is 16.1. The topological polar surface area (TPSA) is 38.1 Å². The maximum absolute atomic E-state index is 8.65. The van der Waals surface area contributed by atoms with Crippen molar-refractivity contribution in [2.45, 2.75) is 31.1 Å². The van der Waals surface area contributed by atoms with Crippen molar-refractivity contribution in [1.29, 1.82) is 0 Å². The van der Waals surface area contributed by atoms with Gasteiger partial charge in [-0.3, -0.25) is 0 Å². The first-order chi connectivity index (χ1) is 6.92. The summed E-state index contributed by atoms with van der Waals surface area (Å²) in [6.07, 6.45) is 7.42. The fourth-order valence-electron chi connectivity index (χ4n) is 1.47. The maximum atomic E-state index is 8.65. The van der Waals surface area contributed by atoms with Gasteiger partial charge in [-0.1, -0.05) is 0 Å². The molecule has 2 rings (SSSR count). The van der Waals surface area contributed by atoms with Gasteiger partial charge in [-0.05, 0) is 25.0 Å². The van der Waals surface area contributed by atoms with Gasteiger partial charge in [0, 0.05) is 30.3 Å². The number of hydrogen-bond donors (Lipinski definition) is 1. The first-order valence-electron chi connectivity index (χ1n) is 5.11. The number of nitrogens with zero attached hydrogens (tertiary/aromatic N) is 2. The molecule has 1 fully saturated rings. The van der Waals surface area contributed by atoms with Crippen molar-refractivity contribution in [2.24, 2.45) is 0 Å². The van der Waals surface area contributed by atoms with E-state index in [2.05, 4.69) is 9.55 Å². The fourth-order valence-corrected chi connectivity index (χ4v) is 2.38. The van der Waals surface area contributed by atoms with Crippen LogP contribution in [0.4, 0.5) is 0 Å². The van der Waals surface area contributed by atoms with Crippen LogP contribution in [-0.2, 0) is 5.75 Å². The van der Waals surface area contributed by atoms with Crippen LogP contribution in [0.2, 0.25) is 0 Å². The van der Waals surface area contributed by atoms with Gasteiger partial charge in [-0.25, -0.2) is 4.98 Å². The minimum atomic E-state index is 0.300. The van der Waals surface area contributed by atoms with Gasteiger partial charge in [0.1, 0.15) is 0 Å². The zero-order chi connectivity index (χ0) is 9.80. The number of aromatic nitrogens is 2. The highest BCUT2D eigenvalue weighted by Gasteiger charge is 2.24. The molecular formula is C10H16N2OS. The Morgan fingerprint density at radius 3 is 3.14 bits per heavy atom. The van der Waals surface area contributed by atoms with Gasteiger partial charge in [0.05, 0.1) is 6.33 Å². The van der Waals surface area contributed by atoms with Gasteiger partial charge in [-0.15, -0.1) is 0 Å². The van der Waals surface area contributed by atoms with E-state index < -0.39 is 0 Å². The second-order valence-corrected chi connectivity index (χ2v) is 4.76. The summed E-state index contributed by atoms with van der Waals surface area (Å²) in [7, 11) is 0. The first kappa shape index (κ1) is 10.1. The molecule has 0 bridgehead atoms. The minimum absolute atomic E-state index is 0.300. The van der Waals surface area contributed by atoms with Crippen LogP contribution in [0.3, 0.4) is 0 Å². The zero-order valence-corrected chi connectivity index (χ0v) is 9.04. The van der Waals surface area contributed by atoms with Crippen LogP contribution in [0.5, 0.6) is 0 Å². The molecule has 78 valence electrons. The number of aliphatic hydroxyl groups is 1. The van der Waals surface area contributed by atoms with Crippen LogP contribution in [0, 0.1) is 0 Å². The van der Waals surface area contributed by atoms with Crippen molar-refractivity contribution in [3.8, 4) is 0 Å². The summed E-state index contributed by atoms with van der Waals surface area (Å²) < 4.78 is 2.30. The van der Waals surface area contributed by atoms with E-state index in [1.807, 2.05) is 24.3 Å². The highest BCUT2D eigenvalue weighted by Crippen LogP contribution is 2.36. The van der Waals surface area contributed by atoms with E-state index in [1.54, 1.807) is 0 Å². The van der Waals surface area contributed by atoms with Crippen molar-refractivity contribution in [3.05, 3.63) is 18.2 Å². The lowest BCUT2D eigenvalue weighted by Gasteiger charge is -2.05. The molecule has 1 saturated carbocycles. The van der Waals surface area contributed by atoms with Crippen LogP contribution in [-0.4, -0.2) is 27.0 Å². The van der Waals surface area contributed by atoms with E-state index in [0.717, 1.165) is 24.0 Å². The monoisotopic (exact) mass is 212 g/mol. The molecule has 1 aromatic heterocycles. The smallest absolute Gasteiger partial charge is 0.0951 e. The highest BCUT2D eigenvalue weighted by atomic mass is 32.2. The van der Waals surface area contributed by atoms with E-state index in [-0.39, 0.29) is 0 Å². The molecule has 4 heteroatoms. The molecule has 0 saturated heterocycles. The Labute approximate surface area is 88.5 Å². The van der Waals surface area contributed by atoms with Crippen LogP contribution < -0.4 is 0 Å². The van der Waals surface area contributed by atoms with Gasteiger partial charge in [0.15, 0.2) is 0 Å². The number of aliphatic hydroxyl groups excluding tert-OH is 1. The molecule has 1 heterocycles. The van der Waals surface area contributed by atoms with Crippen molar-refractivity contribution in [1.82, 2.24) is 9.55 Å². The Morgan fingerprint density at radius 2 is 2.43 bits per heavy atom. The van der Waals surface area contributed by atoms with Gasteiger partial charge in [-0.2, -0.15) is 11.8 Å². The minimum Gasteiger partial charge on any atom is -0.396 e. The molecule has 14 heavy (non-hydrogen) atoms. The third kappa shape index (κ3) is 2.51. The average Bonchev–Trinajstić information content (AvgIpc) is 2.94. The van der Waals surface area contributed by atoms with Gasteiger partial charge < -0.3 is 9.67 Å². The molecule has 0 spiro atoms. The summed E-state index contributed by atoms with van der Waals surface area (Å²) >= 11 is 1.87. The van der Waals surface area contributed by atoms with E-state index >= 15 is 0 Å². The van der Waals surface area contributed by atoms with Crippen molar-refractivity contribution >= 4 is 11.8 Å². The molecule has 0 amide bonds. The molecule has 3 nitrogen and oxygen atoms in total. The number of hydrogen-bond acceptors (Lipinski definition) is 3. The quantitative estimate of drug-likeness (QED) is 0.731. The summed E-state index contributed by atoms with van der Waals surface area (Å²) in [4.78, 5) is 4.18. The standard InChI is InChI=1S/C10H16N2OS/c13-4-1-5-14-7-10-6-11-8-12(10)9-2-3-9/h6,8-9,13H,1-5,7H2. The van der Waals surface area contributed by atoms with E-state index in [9.17, 15) is 0 Å². The predicted molar refractivity (Wildman–Crippen MR) is 58.4 cm³/mol. The molecular weight excluding hydrogens is 196 g/mol. The maximum Gasteiger partial charge on any atom is 0.0951 e. The second kappa shape index (κ2) is 4.84. The van der Waals surface area contributed by atoms with Crippen LogP contribution in [0.25, 0.3) is 0 Å². The SMILES string of the molecule is OCCCSCc1cncn1C1CC1. The number of rotatable bonds is 6. The lowest BCUT2D eigenvalue weighted by molar-refractivity contribution is 0.296. The Morgan fingerprint density at radius 1 is 1.57 bits per heavy atom. The van der Waals surface area contributed by atoms with Crippen LogP contribution in [0.1, 0.15) is 31.0 Å². The fraction of sp³-hybridized carbons (Fsp3) is 0.700. The molecule has 1 N–H and O–H groups in total. The van der Waals surface area contributed by atoms with Gasteiger partial charge in [0.25, 0.3) is 0 Å². The van der Waals surface area contributed by atoms with Gasteiger partial charge >= 0.3 is 0 Å². The predicted octanol–water partition coefficient (Wildman–Crippen LogP) is 1.83. The lowest BCUT2D eigenvalue weighted by atomic mass is 10.5. The average molecular weight is 212 g/mol. The largest absolute Gasteiger partial charge is 0.396 e. The molecule has 1 aliphatic carbocycles. The molecule has 0 radical (unpaired) electrons. The van der Waals surface area contributed by atoms with E-state index in [1.165, 1.54) is 18.5 Å². The van der Waals surface area contributed by atoms with Crippen LogP contribution in [0.15, 0.2) is 12.5 Å². The van der Waals surface area contributed by atoms with E-state index in [4.69, 9.17) is 5.11 Å². The highest BCUT2D eigenvalue weighted by molar-refractivity contribution is 7.98. The third-order valence-electron chi connectivity index (χ3n) is 2.38. The Balaban J connectivity index is 1.80. The zero-order valence-electron chi connectivity index (χ0n) is 8.22. The molecule has 0 atom stereocenters. The Hall–Kier alpha value is -0.480. The summed E-state index contributed by atoms with van der Waals surface area (Å²) in [6.45, 7) is 0.300. The van der Waals surface area contributed by atoms with Crippen molar-refractivity contribution < 1.29 is 5.11 Å². The first-order valence-corrected chi connectivity index (χ1v) is 6.26. The molecule has 0 unspecified atom stereocenters. The summed E-state index contributed by atoms with van der Waals surface area (Å²) in [6, 6.07) is 0.728. The Kier molecular flexibility index (Phi) is 3.48. The van der Waals surface area contributed by atoms with Crippen molar-refractivity contribution in [2.75, 3.05) is 12.4 Å². The second-order valence-electron chi connectivity index (χ2n) is 3.65. The lowest BCUT2D eigenvalue weighted by Crippen LogP contribution is -1.97. The van der Waals surface area contributed by atoms with Crippen LogP contribution >= 0.6 is 11.8 Å². The van der Waals surface area contributed by atoms with Gasteiger partial charge in [0.2, 0.25) is 0 Å². The molecule has 0 aromatic carbocycles. The van der Waals surface area contributed by atoms with Crippen molar-refractivity contribution in [3.63, 3.8) is 0 Å². The molecule has 1 aromatic rings. The third-order valence-corrected chi connectivity index (χ3v) is 3.46. The number of thioether (sulfide) groups is 1. The van der Waals surface area contributed by atoms with E-state index in [0.29, 0.717) is 6.61 Å².